The number of nitrogens with zero attached hydrogens (tertiary/aromatic N) is 3. The van der Waals surface area contributed by atoms with E-state index < -0.39 is 0 Å². The Morgan fingerprint density at radius 3 is 2.80 bits per heavy atom. The van der Waals surface area contributed by atoms with Crippen molar-refractivity contribution in [1.82, 2.24) is 4.98 Å². The number of rotatable bonds is 2. The second-order valence-corrected chi connectivity index (χ2v) is 3.54. The van der Waals surface area contributed by atoms with Gasteiger partial charge in [-0.2, -0.15) is 5.26 Å². The van der Waals surface area contributed by atoms with Crippen LogP contribution in [0, 0.1) is 18.3 Å². The molecule has 0 amide bonds. The van der Waals surface area contributed by atoms with Crippen LogP contribution in [-0.2, 0) is 0 Å². The minimum atomic E-state index is 0.127. The Balaban J connectivity index is 3.21. The van der Waals surface area contributed by atoms with Crippen molar-refractivity contribution < 1.29 is 4.84 Å². The van der Waals surface area contributed by atoms with Crippen LogP contribution in [0.25, 0.3) is 0 Å². The average molecular weight is 224 g/mol. The fraction of sp³-hybridized carbons (Fsp3) is 0.300. The van der Waals surface area contributed by atoms with E-state index in [1.54, 1.807) is 27.0 Å². The van der Waals surface area contributed by atoms with Crippen molar-refractivity contribution in [3.8, 4) is 11.8 Å². The normalized spacial score (nSPS) is 9.27. The summed E-state index contributed by atoms with van der Waals surface area (Å²) in [5.74, 6) is 0.360. The van der Waals surface area contributed by atoms with E-state index in [1.165, 1.54) is 0 Å². The van der Waals surface area contributed by atoms with Crippen LogP contribution in [0.4, 0.5) is 0 Å². The molecule has 15 heavy (non-hydrogen) atoms. The molecule has 0 fully saturated rings. The number of hydrogen-bond donors (Lipinski definition) is 0. The second kappa shape index (κ2) is 4.76. The molecule has 0 saturated heterocycles. The fourth-order valence-corrected chi connectivity index (χ4v) is 1.10. The summed E-state index contributed by atoms with van der Waals surface area (Å²) < 4.78 is 0. The van der Waals surface area contributed by atoms with E-state index in [4.69, 9.17) is 21.7 Å². The van der Waals surface area contributed by atoms with Crippen LogP contribution in [0.1, 0.15) is 25.0 Å². The van der Waals surface area contributed by atoms with Gasteiger partial charge in [-0.15, -0.1) is 0 Å². The topological polar surface area (TPSA) is 58.3 Å². The summed E-state index contributed by atoms with van der Waals surface area (Å²) in [5, 5.41) is 12.8. The average Bonchev–Trinajstić information content (AvgIpc) is 2.19. The van der Waals surface area contributed by atoms with Crippen LogP contribution in [0.15, 0.2) is 11.4 Å². The molecular formula is C10H10ClN3O. The summed E-state index contributed by atoms with van der Waals surface area (Å²) in [7, 11) is 0. The molecule has 0 atom stereocenters. The molecular weight excluding hydrogens is 214 g/mol. The Morgan fingerprint density at radius 1 is 1.60 bits per heavy atom. The van der Waals surface area contributed by atoms with Gasteiger partial charge in [-0.25, -0.2) is 4.98 Å². The third-order valence-electron chi connectivity index (χ3n) is 1.59. The Bertz CT molecular complexity index is 445. The van der Waals surface area contributed by atoms with Gasteiger partial charge < -0.3 is 4.84 Å². The first-order chi connectivity index (χ1) is 7.06. The van der Waals surface area contributed by atoms with Gasteiger partial charge in [0.15, 0.2) is 10.9 Å². The largest absolute Gasteiger partial charge is 0.355 e. The van der Waals surface area contributed by atoms with Crippen molar-refractivity contribution in [3.63, 3.8) is 0 Å². The molecule has 0 unspecified atom stereocenters. The zero-order valence-corrected chi connectivity index (χ0v) is 9.46. The predicted molar refractivity (Wildman–Crippen MR) is 58.1 cm³/mol. The maximum atomic E-state index is 8.89. The predicted octanol–water partition coefficient (Wildman–Crippen LogP) is 2.69. The van der Waals surface area contributed by atoms with Gasteiger partial charge in [0.2, 0.25) is 0 Å². The van der Waals surface area contributed by atoms with Crippen molar-refractivity contribution in [2.24, 2.45) is 5.16 Å². The van der Waals surface area contributed by atoms with Gasteiger partial charge in [0.05, 0.1) is 5.71 Å². The molecule has 1 aromatic heterocycles. The highest BCUT2D eigenvalue weighted by Crippen LogP contribution is 2.27. The van der Waals surface area contributed by atoms with Gasteiger partial charge in [0.25, 0.3) is 0 Å². The van der Waals surface area contributed by atoms with Gasteiger partial charge >= 0.3 is 0 Å². The van der Waals surface area contributed by atoms with Crippen molar-refractivity contribution in [2.75, 3.05) is 0 Å². The zero-order chi connectivity index (χ0) is 11.4. The molecule has 1 heterocycles. The molecule has 0 aliphatic carbocycles. The monoisotopic (exact) mass is 223 g/mol. The number of nitriles is 1. The Labute approximate surface area is 93.1 Å². The molecule has 0 aliphatic rings. The number of halogens is 1. The lowest BCUT2D eigenvalue weighted by molar-refractivity contribution is 0.337. The quantitative estimate of drug-likeness (QED) is 0.440. The lowest BCUT2D eigenvalue weighted by Gasteiger charge is -2.05. The molecule has 0 spiro atoms. The van der Waals surface area contributed by atoms with Crippen LogP contribution in [0.2, 0.25) is 5.15 Å². The first-order valence-electron chi connectivity index (χ1n) is 4.29. The Kier molecular flexibility index (Phi) is 3.64. The second-order valence-electron chi connectivity index (χ2n) is 3.18. The number of pyridine rings is 1. The third-order valence-corrected chi connectivity index (χ3v) is 1.88. The number of oxime groups is 1. The van der Waals surface area contributed by atoms with E-state index >= 15 is 0 Å². The van der Waals surface area contributed by atoms with Gasteiger partial charge in [-0.05, 0) is 20.8 Å². The van der Waals surface area contributed by atoms with Gasteiger partial charge in [0.1, 0.15) is 11.6 Å². The third kappa shape index (κ3) is 2.67. The molecule has 0 aromatic carbocycles. The highest BCUT2D eigenvalue weighted by Gasteiger charge is 2.12. The number of aromatic nitrogens is 1. The molecule has 1 aromatic rings. The summed E-state index contributed by atoms with van der Waals surface area (Å²) in [6, 6.07) is 1.94. The molecule has 0 bridgehead atoms. The summed E-state index contributed by atoms with van der Waals surface area (Å²) in [4.78, 5) is 8.99. The Hall–Kier alpha value is -1.60. The highest BCUT2D eigenvalue weighted by molar-refractivity contribution is 6.30. The van der Waals surface area contributed by atoms with E-state index in [9.17, 15) is 0 Å². The van der Waals surface area contributed by atoms with Crippen molar-refractivity contribution >= 4 is 17.3 Å². The number of aryl methyl sites for hydroxylation is 1. The summed E-state index contributed by atoms with van der Waals surface area (Å²) in [6.45, 7) is 5.37. The van der Waals surface area contributed by atoms with Crippen LogP contribution >= 0.6 is 11.6 Å². The highest BCUT2D eigenvalue weighted by atomic mass is 35.5. The molecule has 0 aliphatic heterocycles. The first kappa shape index (κ1) is 11.5. The first-order valence-corrected chi connectivity index (χ1v) is 4.67. The molecule has 0 saturated carbocycles. The van der Waals surface area contributed by atoms with Gasteiger partial charge in [-0.1, -0.05) is 16.8 Å². The van der Waals surface area contributed by atoms with Crippen molar-refractivity contribution in [3.05, 3.63) is 22.5 Å². The lowest BCUT2D eigenvalue weighted by Crippen LogP contribution is -1.96. The molecule has 5 heteroatoms. The molecule has 0 N–H and O–H groups in total. The van der Waals surface area contributed by atoms with E-state index in [2.05, 4.69) is 10.1 Å². The van der Waals surface area contributed by atoms with Gasteiger partial charge in [0, 0.05) is 11.8 Å². The molecule has 78 valence electrons. The maximum absolute atomic E-state index is 8.89. The minimum Gasteiger partial charge on any atom is -0.355 e. The Morgan fingerprint density at radius 2 is 2.27 bits per heavy atom. The van der Waals surface area contributed by atoms with E-state index in [0.29, 0.717) is 5.75 Å². The number of hydrogen-bond acceptors (Lipinski definition) is 4. The van der Waals surface area contributed by atoms with Crippen LogP contribution < -0.4 is 4.84 Å². The van der Waals surface area contributed by atoms with E-state index in [0.717, 1.165) is 11.3 Å². The summed E-state index contributed by atoms with van der Waals surface area (Å²) in [5.41, 5.74) is 1.69. The minimum absolute atomic E-state index is 0.127. The standard InChI is InChI=1S/C10H10ClN3O/c1-6(2)14-15-9-7(3)5-13-10(11)8(9)4-12/h5H,1-3H3. The summed E-state index contributed by atoms with van der Waals surface area (Å²) >= 11 is 5.75. The molecule has 0 radical (unpaired) electrons. The molecule has 4 nitrogen and oxygen atoms in total. The van der Waals surface area contributed by atoms with E-state index in [1.807, 2.05) is 6.07 Å². The zero-order valence-electron chi connectivity index (χ0n) is 8.71. The van der Waals surface area contributed by atoms with Crippen LogP contribution in [0.5, 0.6) is 5.75 Å². The van der Waals surface area contributed by atoms with Crippen molar-refractivity contribution in [2.45, 2.75) is 20.8 Å². The SMILES string of the molecule is CC(C)=NOc1c(C)cnc(Cl)c1C#N. The lowest BCUT2D eigenvalue weighted by atomic mass is 10.2. The molecule has 1 rings (SSSR count). The maximum Gasteiger partial charge on any atom is 0.183 e. The van der Waals surface area contributed by atoms with Gasteiger partial charge in [-0.3, -0.25) is 0 Å². The fourth-order valence-electron chi connectivity index (χ4n) is 0.919. The summed E-state index contributed by atoms with van der Waals surface area (Å²) in [6.07, 6.45) is 1.54. The van der Waals surface area contributed by atoms with Crippen LogP contribution in [0.3, 0.4) is 0 Å². The van der Waals surface area contributed by atoms with Crippen LogP contribution in [-0.4, -0.2) is 10.7 Å². The smallest absolute Gasteiger partial charge is 0.183 e. The van der Waals surface area contributed by atoms with E-state index in [-0.39, 0.29) is 10.7 Å². The van der Waals surface area contributed by atoms with Crippen molar-refractivity contribution in [1.29, 1.82) is 5.26 Å².